The number of allylic oxidation sites excluding steroid dienone is 3. The van der Waals surface area contributed by atoms with E-state index in [1.54, 1.807) is 12.1 Å². The molecule has 0 bridgehead atoms. The van der Waals surface area contributed by atoms with Gasteiger partial charge in [-0.25, -0.2) is 0 Å². The molecule has 1 unspecified atom stereocenters. The quantitative estimate of drug-likeness (QED) is 0.565. The second-order valence-corrected chi connectivity index (χ2v) is 7.56. The van der Waals surface area contributed by atoms with Gasteiger partial charge in [0.15, 0.2) is 0 Å². The van der Waals surface area contributed by atoms with Crippen molar-refractivity contribution in [3.8, 4) is 0 Å². The molecule has 1 aliphatic carbocycles. The Kier molecular flexibility index (Phi) is 6.59. The van der Waals surface area contributed by atoms with Gasteiger partial charge < -0.3 is 5.11 Å². The Labute approximate surface area is 154 Å². The Hall–Kier alpha value is -1.71. The van der Waals surface area contributed by atoms with Gasteiger partial charge in [-0.2, -0.15) is 13.2 Å². The molecule has 0 amide bonds. The first-order chi connectivity index (χ1) is 12.1. The van der Waals surface area contributed by atoms with E-state index in [0.29, 0.717) is 0 Å². The largest absolute Gasteiger partial charge is 0.508 e. The van der Waals surface area contributed by atoms with E-state index in [-0.39, 0.29) is 29.4 Å². The van der Waals surface area contributed by atoms with Gasteiger partial charge in [0.05, 0.1) is 5.56 Å². The zero-order valence-corrected chi connectivity index (χ0v) is 16.0. The molecule has 4 heteroatoms. The van der Waals surface area contributed by atoms with Crippen molar-refractivity contribution in [3.63, 3.8) is 0 Å². The number of benzene rings is 1. The maximum absolute atomic E-state index is 13.2. The molecule has 0 heterocycles. The van der Waals surface area contributed by atoms with E-state index in [1.807, 2.05) is 26.0 Å². The van der Waals surface area contributed by atoms with Crippen molar-refractivity contribution in [3.05, 3.63) is 58.9 Å². The molecule has 0 saturated carbocycles. The second kappa shape index (κ2) is 8.32. The average molecular weight is 366 g/mol. The normalized spacial score (nSPS) is 21.2. The van der Waals surface area contributed by atoms with Crippen LogP contribution in [0.1, 0.15) is 62.6 Å². The number of hydrogen-bond donors (Lipinski definition) is 1. The Morgan fingerprint density at radius 1 is 1.23 bits per heavy atom. The fraction of sp³-hybridized carbons (Fsp3) is 0.545. The second-order valence-electron chi connectivity index (χ2n) is 7.56. The van der Waals surface area contributed by atoms with Crippen LogP contribution in [-0.4, -0.2) is 5.11 Å². The molecular weight excluding hydrogens is 337 g/mol. The summed E-state index contributed by atoms with van der Waals surface area (Å²) in [6.45, 7) is 8.20. The lowest BCUT2D eigenvalue weighted by Gasteiger charge is -2.35. The summed E-state index contributed by atoms with van der Waals surface area (Å²) in [7, 11) is 0. The first kappa shape index (κ1) is 20.6. The van der Waals surface area contributed by atoms with Crippen LogP contribution in [0.2, 0.25) is 0 Å². The minimum absolute atomic E-state index is 0.0219. The SMILES string of the molecule is CCC[C@H]([C@H](C)c1cc(C(F)(F)F)ccc1C)[C@@H](C)C1C=C(O)C=CC1. The van der Waals surface area contributed by atoms with Crippen LogP contribution in [0.5, 0.6) is 0 Å². The van der Waals surface area contributed by atoms with Crippen LogP contribution in [0.15, 0.2) is 42.2 Å². The summed E-state index contributed by atoms with van der Waals surface area (Å²) >= 11 is 0. The third-order valence-electron chi connectivity index (χ3n) is 5.79. The van der Waals surface area contributed by atoms with Crippen LogP contribution < -0.4 is 0 Å². The summed E-state index contributed by atoms with van der Waals surface area (Å²) in [5, 5.41) is 9.82. The van der Waals surface area contributed by atoms with E-state index >= 15 is 0 Å². The van der Waals surface area contributed by atoms with Crippen molar-refractivity contribution >= 4 is 0 Å². The average Bonchev–Trinajstić information content (AvgIpc) is 2.58. The molecule has 4 atom stereocenters. The van der Waals surface area contributed by atoms with Crippen molar-refractivity contribution in [2.45, 2.75) is 59.1 Å². The van der Waals surface area contributed by atoms with Gasteiger partial charge in [0.25, 0.3) is 0 Å². The van der Waals surface area contributed by atoms with Crippen molar-refractivity contribution in [1.29, 1.82) is 0 Å². The van der Waals surface area contributed by atoms with E-state index in [2.05, 4.69) is 13.8 Å². The van der Waals surface area contributed by atoms with Crippen LogP contribution in [0.4, 0.5) is 13.2 Å². The van der Waals surface area contributed by atoms with Crippen LogP contribution >= 0.6 is 0 Å². The molecule has 0 saturated heterocycles. The molecule has 144 valence electrons. The molecule has 0 radical (unpaired) electrons. The van der Waals surface area contributed by atoms with E-state index in [4.69, 9.17) is 0 Å². The number of halogens is 3. The van der Waals surface area contributed by atoms with Crippen LogP contribution in [0.3, 0.4) is 0 Å². The van der Waals surface area contributed by atoms with Gasteiger partial charge in [-0.3, -0.25) is 0 Å². The van der Waals surface area contributed by atoms with Crippen molar-refractivity contribution in [1.82, 2.24) is 0 Å². The Morgan fingerprint density at radius 2 is 1.92 bits per heavy atom. The molecule has 1 N–H and O–H groups in total. The molecule has 26 heavy (non-hydrogen) atoms. The lowest BCUT2D eigenvalue weighted by molar-refractivity contribution is -0.137. The number of aliphatic hydroxyl groups is 1. The summed E-state index contributed by atoms with van der Waals surface area (Å²) in [4.78, 5) is 0. The topological polar surface area (TPSA) is 20.2 Å². The Balaban J connectivity index is 2.33. The summed E-state index contributed by atoms with van der Waals surface area (Å²) in [5.74, 6) is 1.04. The highest BCUT2D eigenvalue weighted by molar-refractivity contribution is 5.35. The number of aryl methyl sites for hydroxylation is 1. The maximum Gasteiger partial charge on any atom is 0.416 e. The number of rotatable bonds is 6. The van der Waals surface area contributed by atoms with Gasteiger partial charge in [-0.15, -0.1) is 0 Å². The number of aliphatic hydroxyl groups excluding tert-OH is 1. The predicted octanol–water partition coefficient (Wildman–Crippen LogP) is 7.19. The van der Waals surface area contributed by atoms with E-state index in [1.165, 1.54) is 6.07 Å². The third-order valence-corrected chi connectivity index (χ3v) is 5.79. The summed E-state index contributed by atoms with van der Waals surface area (Å²) in [6, 6.07) is 4.07. The molecule has 1 nitrogen and oxygen atoms in total. The molecular formula is C22H29F3O. The van der Waals surface area contributed by atoms with Crippen molar-refractivity contribution < 1.29 is 18.3 Å². The van der Waals surface area contributed by atoms with Gasteiger partial charge >= 0.3 is 6.18 Å². The van der Waals surface area contributed by atoms with Crippen molar-refractivity contribution in [2.24, 2.45) is 17.8 Å². The molecule has 2 rings (SSSR count). The van der Waals surface area contributed by atoms with Gasteiger partial charge in [0, 0.05) is 0 Å². The Morgan fingerprint density at radius 3 is 2.50 bits per heavy atom. The standard InChI is InChI=1S/C22H29F3O/c1-5-7-20(15(3)17-8-6-9-19(26)12-17)16(4)21-13-18(22(23,24)25)11-10-14(21)2/h6,9-13,15-17,20,26H,5,7-8H2,1-4H3/t15-,16-,17?,20-/m0/s1. The highest BCUT2D eigenvalue weighted by Gasteiger charge is 2.34. The fourth-order valence-corrected chi connectivity index (χ4v) is 4.21. The highest BCUT2D eigenvalue weighted by Crippen LogP contribution is 2.42. The Bertz CT molecular complexity index is 672. The van der Waals surface area contributed by atoms with Gasteiger partial charge in [0.2, 0.25) is 0 Å². The summed E-state index contributed by atoms with van der Waals surface area (Å²) in [5.41, 5.74) is 1.11. The molecule has 0 spiro atoms. The minimum atomic E-state index is -4.32. The molecule has 0 fully saturated rings. The number of alkyl halides is 3. The van der Waals surface area contributed by atoms with E-state index in [0.717, 1.165) is 36.5 Å². The summed E-state index contributed by atoms with van der Waals surface area (Å²) in [6.07, 6.45) is 4.04. The van der Waals surface area contributed by atoms with Gasteiger partial charge in [-0.1, -0.05) is 39.3 Å². The molecule has 0 aromatic heterocycles. The minimum Gasteiger partial charge on any atom is -0.508 e. The number of hydrogen-bond acceptors (Lipinski definition) is 1. The van der Waals surface area contributed by atoms with Crippen LogP contribution in [0.25, 0.3) is 0 Å². The first-order valence-corrected chi connectivity index (χ1v) is 9.40. The van der Waals surface area contributed by atoms with E-state index in [9.17, 15) is 18.3 Å². The third kappa shape index (κ3) is 4.72. The zero-order valence-electron chi connectivity index (χ0n) is 16.0. The van der Waals surface area contributed by atoms with Gasteiger partial charge in [0.1, 0.15) is 5.76 Å². The first-order valence-electron chi connectivity index (χ1n) is 9.40. The summed E-state index contributed by atoms with van der Waals surface area (Å²) < 4.78 is 39.5. The maximum atomic E-state index is 13.2. The molecule has 1 aliphatic rings. The predicted molar refractivity (Wildman–Crippen MR) is 100 cm³/mol. The zero-order chi connectivity index (χ0) is 19.5. The fourth-order valence-electron chi connectivity index (χ4n) is 4.21. The molecule has 1 aromatic carbocycles. The monoisotopic (exact) mass is 366 g/mol. The molecule has 1 aromatic rings. The van der Waals surface area contributed by atoms with E-state index < -0.39 is 11.7 Å². The van der Waals surface area contributed by atoms with Crippen LogP contribution in [0, 0.1) is 24.7 Å². The van der Waals surface area contributed by atoms with Crippen LogP contribution in [-0.2, 0) is 6.18 Å². The molecule has 0 aliphatic heterocycles. The highest BCUT2D eigenvalue weighted by atomic mass is 19.4. The van der Waals surface area contributed by atoms with Gasteiger partial charge in [-0.05, 0) is 78.8 Å². The lowest BCUT2D eigenvalue weighted by Crippen LogP contribution is -2.26. The lowest BCUT2D eigenvalue weighted by atomic mass is 9.70. The van der Waals surface area contributed by atoms with Crippen molar-refractivity contribution in [2.75, 3.05) is 0 Å². The smallest absolute Gasteiger partial charge is 0.416 e.